The average Bonchev–Trinajstić information content (AvgIpc) is 2.91. The largest absolute Gasteiger partial charge is 0.361 e. The van der Waals surface area contributed by atoms with Gasteiger partial charge < -0.3 is 15.2 Å². The van der Waals surface area contributed by atoms with E-state index < -0.39 is 0 Å². The number of hydrogen-bond acceptors (Lipinski definition) is 1. The lowest BCUT2D eigenvalue weighted by atomic mass is 9.96. The number of amides is 2. The van der Waals surface area contributed by atoms with Crippen LogP contribution in [-0.2, 0) is 6.54 Å². The molecule has 0 bridgehead atoms. The quantitative estimate of drug-likeness (QED) is 0.888. The molecule has 0 saturated heterocycles. The van der Waals surface area contributed by atoms with E-state index in [1.165, 1.54) is 24.6 Å². The highest BCUT2D eigenvalue weighted by Gasteiger charge is 2.18. The van der Waals surface area contributed by atoms with Crippen molar-refractivity contribution in [3.8, 4) is 0 Å². The van der Waals surface area contributed by atoms with Crippen LogP contribution in [0.1, 0.15) is 37.7 Å². The van der Waals surface area contributed by atoms with Gasteiger partial charge in [-0.3, -0.25) is 0 Å². The van der Waals surface area contributed by atoms with Crippen molar-refractivity contribution in [1.29, 1.82) is 0 Å². The molecule has 1 heterocycles. The molecule has 4 heteroatoms. The summed E-state index contributed by atoms with van der Waals surface area (Å²) in [4.78, 5) is 17.3. The van der Waals surface area contributed by atoms with Gasteiger partial charge in [0.15, 0.2) is 0 Å². The molecule has 112 valence electrons. The van der Waals surface area contributed by atoms with Crippen LogP contribution >= 0.6 is 0 Å². The van der Waals surface area contributed by atoms with Crippen molar-refractivity contribution in [2.45, 2.75) is 44.7 Å². The summed E-state index contributed by atoms with van der Waals surface area (Å²) in [5, 5.41) is 4.35. The number of para-hydroxylation sites is 1. The van der Waals surface area contributed by atoms with Gasteiger partial charge in [-0.15, -0.1) is 0 Å². The van der Waals surface area contributed by atoms with Gasteiger partial charge in [0, 0.05) is 36.7 Å². The van der Waals surface area contributed by atoms with Gasteiger partial charge in [-0.25, -0.2) is 4.79 Å². The molecule has 1 aliphatic rings. The van der Waals surface area contributed by atoms with Crippen LogP contribution in [0.3, 0.4) is 0 Å². The predicted octanol–water partition coefficient (Wildman–Crippen LogP) is 3.64. The molecule has 1 aliphatic carbocycles. The number of nitrogens with one attached hydrogen (secondary N) is 2. The fourth-order valence-electron chi connectivity index (χ4n) is 3.12. The number of nitrogens with zero attached hydrogens (tertiary/aromatic N) is 1. The molecular weight excluding hydrogens is 262 g/mol. The molecular formula is C17H23N3O. The van der Waals surface area contributed by atoms with E-state index in [0.717, 1.165) is 23.9 Å². The lowest BCUT2D eigenvalue weighted by Gasteiger charge is -2.26. The second-order valence-electron chi connectivity index (χ2n) is 6.00. The first-order valence-corrected chi connectivity index (χ1v) is 7.80. The van der Waals surface area contributed by atoms with E-state index in [0.29, 0.717) is 12.6 Å². The third-order valence-corrected chi connectivity index (χ3v) is 4.36. The fraction of sp³-hybridized carbons (Fsp3) is 0.471. The Labute approximate surface area is 125 Å². The second kappa shape index (κ2) is 6.20. The number of aromatic nitrogens is 1. The summed E-state index contributed by atoms with van der Waals surface area (Å²) in [6.45, 7) is 0.628. The molecule has 0 unspecified atom stereocenters. The Morgan fingerprint density at radius 1 is 1.29 bits per heavy atom. The molecule has 1 fully saturated rings. The van der Waals surface area contributed by atoms with E-state index in [-0.39, 0.29) is 6.03 Å². The topological polar surface area (TPSA) is 48.1 Å². The number of hydrogen-bond donors (Lipinski definition) is 2. The van der Waals surface area contributed by atoms with Crippen molar-refractivity contribution in [2.24, 2.45) is 0 Å². The van der Waals surface area contributed by atoms with E-state index in [1.54, 1.807) is 4.90 Å². The molecule has 21 heavy (non-hydrogen) atoms. The Morgan fingerprint density at radius 3 is 2.86 bits per heavy atom. The van der Waals surface area contributed by atoms with E-state index >= 15 is 0 Å². The summed E-state index contributed by atoms with van der Waals surface area (Å²) in [5.74, 6) is 0. The molecule has 0 spiro atoms. The average molecular weight is 285 g/mol. The number of urea groups is 1. The summed E-state index contributed by atoms with van der Waals surface area (Å²) < 4.78 is 0. The molecule has 2 amide bonds. The number of benzene rings is 1. The summed E-state index contributed by atoms with van der Waals surface area (Å²) in [6.07, 6.45) is 8.00. The van der Waals surface area contributed by atoms with Crippen LogP contribution in [-0.4, -0.2) is 29.0 Å². The molecule has 1 aromatic carbocycles. The minimum Gasteiger partial charge on any atom is -0.361 e. The zero-order chi connectivity index (χ0) is 14.7. The number of aromatic amines is 1. The fourth-order valence-corrected chi connectivity index (χ4v) is 3.12. The summed E-state index contributed by atoms with van der Waals surface area (Å²) in [7, 11) is 1.86. The smallest absolute Gasteiger partial charge is 0.317 e. The van der Waals surface area contributed by atoms with Crippen LogP contribution in [0.2, 0.25) is 0 Å². The van der Waals surface area contributed by atoms with Gasteiger partial charge in [0.25, 0.3) is 0 Å². The molecule has 1 saturated carbocycles. The normalized spacial score (nSPS) is 16.0. The van der Waals surface area contributed by atoms with Gasteiger partial charge in [-0.2, -0.15) is 0 Å². The van der Waals surface area contributed by atoms with Crippen molar-refractivity contribution in [3.05, 3.63) is 36.0 Å². The van der Waals surface area contributed by atoms with Gasteiger partial charge in [0.2, 0.25) is 0 Å². The van der Waals surface area contributed by atoms with Crippen molar-refractivity contribution < 1.29 is 4.79 Å². The van der Waals surface area contributed by atoms with Crippen LogP contribution < -0.4 is 5.32 Å². The maximum Gasteiger partial charge on any atom is 0.317 e. The zero-order valence-electron chi connectivity index (χ0n) is 12.6. The summed E-state index contributed by atoms with van der Waals surface area (Å²) in [6, 6.07) is 8.59. The van der Waals surface area contributed by atoms with Crippen molar-refractivity contribution in [1.82, 2.24) is 15.2 Å². The second-order valence-corrected chi connectivity index (χ2v) is 6.00. The van der Waals surface area contributed by atoms with Crippen molar-refractivity contribution in [3.63, 3.8) is 0 Å². The number of carbonyl (C=O) groups is 1. The highest BCUT2D eigenvalue weighted by atomic mass is 16.2. The maximum atomic E-state index is 12.3. The number of rotatable bonds is 3. The third-order valence-electron chi connectivity index (χ3n) is 4.36. The Balaban J connectivity index is 1.62. The first-order chi connectivity index (χ1) is 10.2. The monoisotopic (exact) mass is 285 g/mol. The van der Waals surface area contributed by atoms with Crippen LogP contribution in [0.4, 0.5) is 4.79 Å². The van der Waals surface area contributed by atoms with Crippen LogP contribution in [0, 0.1) is 0 Å². The van der Waals surface area contributed by atoms with Gasteiger partial charge in [0.1, 0.15) is 0 Å². The van der Waals surface area contributed by atoms with Crippen molar-refractivity contribution >= 4 is 16.9 Å². The minimum atomic E-state index is 0.0344. The number of carbonyl (C=O) groups excluding carboxylic acids is 1. The molecule has 3 rings (SSSR count). The van der Waals surface area contributed by atoms with E-state index in [2.05, 4.69) is 22.4 Å². The van der Waals surface area contributed by atoms with Crippen LogP contribution in [0.5, 0.6) is 0 Å². The van der Waals surface area contributed by atoms with E-state index in [4.69, 9.17) is 0 Å². The lowest BCUT2D eigenvalue weighted by Crippen LogP contribution is -2.43. The molecule has 0 aliphatic heterocycles. The Bertz CT molecular complexity index is 613. The van der Waals surface area contributed by atoms with Gasteiger partial charge in [-0.05, 0) is 24.5 Å². The first-order valence-electron chi connectivity index (χ1n) is 7.80. The SMILES string of the molecule is CN(Cc1c[nH]c2ccccc12)C(=O)NC1CCCCC1. The maximum absolute atomic E-state index is 12.3. The van der Waals surface area contributed by atoms with E-state index in [1.807, 2.05) is 25.4 Å². The Kier molecular flexibility index (Phi) is 4.13. The molecule has 0 atom stereocenters. The predicted molar refractivity (Wildman–Crippen MR) is 85.2 cm³/mol. The number of fused-ring (bicyclic) bond motifs is 1. The Morgan fingerprint density at radius 2 is 2.05 bits per heavy atom. The Hall–Kier alpha value is -1.97. The minimum absolute atomic E-state index is 0.0344. The molecule has 2 aromatic rings. The molecule has 2 N–H and O–H groups in total. The first kappa shape index (κ1) is 14.0. The van der Waals surface area contributed by atoms with Gasteiger partial charge in [0.05, 0.1) is 0 Å². The van der Waals surface area contributed by atoms with Crippen molar-refractivity contribution in [2.75, 3.05) is 7.05 Å². The lowest BCUT2D eigenvalue weighted by molar-refractivity contribution is 0.199. The summed E-state index contributed by atoms with van der Waals surface area (Å²) in [5.41, 5.74) is 2.28. The number of H-pyrrole nitrogens is 1. The zero-order valence-corrected chi connectivity index (χ0v) is 12.6. The molecule has 0 radical (unpaired) electrons. The van der Waals surface area contributed by atoms with Crippen LogP contribution in [0.15, 0.2) is 30.5 Å². The molecule has 4 nitrogen and oxygen atoms in total. The standard InChI is InChI=1S/C17H23N3O/c1-20(17(21)19-14-7-3-2-4-8-14)12-13-11-18-16-10-6-5-9-15(13)16/h5-6,9-11,14,18H,2-4,7-8,12H2,1H3,(H,19,21). The van der Waals surface area contributed by atoms with Crippen LogP contribution in [0.25, 0.3) is 10.9 Å². The van der Waals surface area contributed by atoms with E-state index in [9.17, 15) is 4.79 Å². The highest BCUT2D eigenvalue weighted by molar-refractivity contribution is 5.83. The van der Waals surface area contributed by atoms with Gasteiger partial charge in [-0.1, -0.05) is 37.5 Å². The van der Waals surface area contributed by atoms with Gasteiger partial charge >= 0.3 is 6.03 Å². The molecule has 1 aromatic heterocycles. The highest BCUT2D eigenvalue weighted by Crippen LogP contribution is 2.20. The third kappa shape index (κ3) is 3.20. The summed E-state index contributed by atoms with van der Waals surface area (Å²) >= 11 is 0.